The van der Waals surface area contributed by atoms with Crippen LogP contribution in [0.5, 0.6) is 0 Å². The van der Waals surface area contributed by atoms with Gasteiger partial charge in [-0.15, -0.1) is 0 Å². The fourth-order valence-electron chi connectivity index (χ4n) is 0.614. The molecule has 8 heavy (non-hydrogen) atoms. The van der Waals surface area contributed by atoms with Crippen molar-refractivity contribution in [3.05, 3.63) is 35.9 Å². The molecule has 0 saturated carbocycles. The molecule has 1 aromatic carbocycles. The van der Waals surface area contributed by atoms with Gasteiger partial charge in [0.25, 0.3) is 0 Å². The quantitative estimate of drug-likeness (QED) is 0.650. The Labute approximate surface area is 64.5 Å². The van der Waals surface area contributed by atoms with Crippen LogP contribution >= 0.6 is 0 Å². The summed E-state index contributed by atoms with van der Waals surface area (Å²) in [5.74, 6) is 0. The summed E-state index contributed by atoms with van der Waals surface area (Å²) in [5.41, 5.74) is 1.47. The summed E-state index contributed by atoms with van der Waals surface area (Å²) in [4.78, 5) is 0. The second kappa shape index (κ2) is 3.18. The number of rotatable bonds is 1. The molecule has 0 heterocycles. The van der Waals surface area contributed by atoms with E-state index >= 15 is 0 Å². The molecule has 0 fully saturated rings. The molecule has 0 N–H and O–H groups in total. The van der Waals surface area contributed by atoms with Gasteiger partial charge in [0.15, 0.2) is 0 Å². The average molecular weight is 206 g/mol. The molecule has 0 nitrogen and oxygen atoms in total. The monoisotopic (exact) mass is 206 g/mol. The third-order valence-electron chi connectivity index (χ3n) is 1.08. The first-order chi connectivity index (χ1) is 3.93. The zero-order chi connectivity index (χ0) is 5.82. The summed E-state index contributed by atoms with van der Waals surface area (Å²) in [6.07, 6.45) is 0. The van der Waals surface area contributed by atoms with Crippen molar-refractivity contribution in [3.63, 3.8) is 0 Å². The summed E-state index contributed by atoms with van der Waals surface area (Å²) in [6.45, 7) is 0. The van der Waals surface area contributed by atoms with Gasteiger partial charge in [0.2, 0.25) is 0 Å². The normalized spacial score (nSPS) is 9.00. The molecule has 1 heteroatoms. The van der Waals surface area contributed by atoms with Crippen molar-refractivity contribution in [2.24, 2.45) is 0 Å². The van der Waals surface area contributed by atoms with E-state index in [4.69, 9.17) is 0 Å². The van der Waals surface area contributed by atoms with Crippen LogP contribution in [-0.4, -0.2) is 24.4 Å². The summed E-state index contributed by atoms with van der Waals surface area (Å²) < 4.78 is 1.27. The van der Waals surface area contributed by atoms with Crippen molar-refractivity contribution >= 4 is 24.4 Å². The van der Waals surface area contributed by atoms with Gasteiger partial charge in [-0.25, -0.2) is 0 Å². The van der Waals surface area contributed by atoms with Gasteiger partial charge in [-0.3, -0.25) is 0 Å². The molecule has 0 aliphatic heterocycles. The van der Waals surface area contributed by atoms with Crippen LogP contribution in [0.25, 0.3) is 0 Å². The first-order valence-corrected chi connectivity index (χ1v) is 5.00. The van der Waals surface area contributed by atoms with Crippen molar-refractivity contribution in [1.82, 2.24) is 0 Å². The van der Waals surface area contributed by atoms with Crippen LogP contribution in [0.15, 0.2) is 30.3 Å². The van der Waals surface area contributed by atoms with Crippen molar-refractivity contribution in [2.75, 3.05) is 0 Å². The van der Waals surface area contributed by atoms with Crippen LogP contribution in [0.3, 0.4) is 0 Å². The van der Waals surface area contributed by atoms with Gasteiger partial charge in [-0.05, 0) is 0 Å². The van der Waals surface area contributed by atoms with Gasteiger partial charge in [0, 0.05) is 0 Å². The number of benzene rings is 1. The van der Waals surface area contributed by atoms with E-state index in [1.54, 1.807) is 0 Å². The van der Waals surface area contributed by atoms with Gasteiger partial charge in [0.05, 0.1) is 0 Å². The maximum atomic E-state index is 2.17. The fourth-order valence-corrected chi connectivity index (χ4v) is 1.39. The van der Waals surface area contributed by atoms with Crippen LogP contribution in [0.1, 0.15) is 5.56 Å². The Morgan fingerprint density at radius 1 is 1.12 bits per heavy atom. The molecule has 0 unspecified atom stereocenters. The first kappa shape index (κ1) is 6.21. The van der Waals surface area contributed by atoms with Gasteiger partial charge < -0.3 is 0 Å². The van der Waals surface area contributed by atoms with Crippen molar-refractivity contribution in [2.45, 2.75) is 4.18 Å². The molecule has 2 radical (unpaired) electrons. The molecule has 0 amide bonds. The molecule has 0 bridgehead atoms. The fraction of sp³-hybridized carbons (Fsp3) is 0.143. The summed E-state index contributed by atoms with van der Waals surface area (Å²) in [6, 6.07) is 10.6. The molecule has 0 saturated heterocycles. The third kappa shape index (κ3) is 1.55. The Kier molecular flexibility index (Phi) is 2.47. The topological polar surface area (TPSA) is 0 Å². The van der Waals surface area contributed by atoms with Gasteiger partial charge in [-0.2, -0.15) is 0 Å². The van der Waals surface area contributed by atoms with Gasteiger partial charge in [0.1, 0.15) is 0 Å². The van der Waals surface area contributed by atoms with E-state index in [0.717, 1.165) is 0 Å². The Hall–Kier alpha value is 0.0901. The second-order valence-electron chi connectivity index (χ2n) is 1.69. The van der Waals surface area contributed by atoms with E-state index in [-0.39, 0.29) is 0 Å². The summed E-state index contributed by atoms with van der Waals surface area (Å²) in [5, 5.41) is 0. The van der Waals surface area contributed by atoms with Gasteiger partial charge >= 0.3 is 64.4 Å². The van der Waals surface area contributed by atoms with E-state index < -0.39 is 0 Å². The van der Waals surface area contributed by atoms with E-state index in [0.29, 0.717) is 0 Å². The molecular formula is C7H7In. The predicted molar refractivity (Wildman–Crippen MR) is 35.9 cm³/mol. The van der Waals surface area contributed by atoms with E-state index in [2.05, 4.69) is 30.3 Å². The minimum atomic E-state index is 1.27. The zero-order valence-electron chi connectivity index (χ0n) is 4.67. The van der Waals surface area contributed by atoms with Crippen LogP contribution in [0.4, 0.5) is 0 Å². The molecule has 38 valence electrons. The minimum absolute atomic E-state index is 1.27. The second-order valence-corrected chi connectivity index (χ2v) is 2.85. The molecule has 0 aliphatic rings. The summed E-state index contributed by atoms with van der Waals surface area (Å²) >= 11 is 1.33. The Morgan fingerprint density at radius 2 is 1.75 bits per heavy atom. The Balaban J connectivity index is 2.83. The molecule has 1 aromatic rings. The van der Waals surface area contributed by atoms with E-state index in [1.165, 1.54) is 34.1 Å². The van der Waals surface area contributed by atoms with Crippen LogP contribution < -0.4 is 0 Å². The number of hydrogen-bond acceptors (Lipinski definition) is 0. The van der Waals surface area contributed by atoms with Crippen LogP contribution in [-0.2, 0) is 4.18 Å². The molecule has 0 spiro atoms. The zero-order valence-corrected chi connectivity index (χ0v) is 7.97. The average Bonchev–Trinajstić information content (AvgIpc) is 1.90. The molecule has 0 aliphatic carbocycles. The van der Waals surface area contributed by atoms with Crippen LogP contribution in [0.2, 0.25) is 0 Å². The molecule has 1 rings (SSSR count). The molecule has 0 aromatic heterocycles. The van der Waals surface area contributed by atoms with Crippen LogP contribution in [0, 0.1) is 0 Å². The maximum absolute atomic E-state index is 2.17. The van der Waals surface area contributed by atoms with Gasteiger partial charge in [-0.1, -0.05) is 0 Å². The molecular weight excluding hydrogens is 199 g/mol. The Morgan fingerprint density at radius 3 is 2.12 bits per heavy atom. The number of hydrogen-bond donors (Lipinski definition) is 0. The Bertz CT molecular complexity index is 146. The van der Waals surface area contributed by atoms with Crippen molar-refractivity contribution in [1.29, 1.82) is 0 Å². The standard InChI is InChI=1S/C7H7.In/c1-7-5-3-2-4-6-7;/h2-6H,1H2;. The molecule has 0 atom stereocenters. The van der Waals surface area contributed by atoms with Crippen molar-refractivity contribution in [3.8, 4) is 0 Å². The predicted octanol–water partition coefficient (Wildman–Crippen LogP) is 1.36. The van der Waals surface area contributed by atoms with E-state index in [1.807, 2.05) is 0 Å². The van der Waals surface area contributed by atoms with Crippen molar-refractivity contribution < 1.29 is 0 Å². The SMILES string of the molecule is [In][CH2]c1ccccc1. The first-order valence-electron chi connectivity index (χ1n) is 2.67. The van der Waals surface area contributed by atoms with E-state index in [9.17, 15) is 0 Å². The summed E-state index contributed by atoms with van der Waals surface area (Å²) in [7, 11) is 0. The third-order valence-corrected chi connectivity index (χ3v) is 2.42.